The first-order valence-corrected chi connectivity index (χ1v) is 6.47. The van der Waals surface area contributed by atoms with Gasteiger partial charge in [0.15, 0.2) is 11.5 Å². The van der Waals surface area contributed by atoms with Gasteiger partial charge in [-0.3, -0.25) is 9.48 Å². The second-order valence-corrected chi connectivity index (χ2v) is 4.68. The van der Waals surface area contributed by atoms with Gasteiger partial charge < -0.3 is 9.84 Å². The zero-order chi connectivity index (χ0) is 14.8. The van der Waals surface area contributed by atoms with E-state index >= 15 is 0 Å². The smallest absolute Gasteiger partial charge is 0.277 e. The number of aromatic nitrogens is 3. The van der Waals surface area contributed by atoms with E-state index in [4.69, 9.17) is 4.52 Å². The fourth-order valence-corrected chi connectivity index (χ4v) is 2.06. The molecular formula is C15H14N4O2. The Morgan fingerprint density at radius 2 is 2.00 bits per heavy atom. The maximum absolute atomic E-state index is 12.2. The molecule has 0 aliphatic carbocycles. The number of nitrogens with one attached hydrogen (secondary N) is 1. The van der Waals surface area contributed by atoms with Gasteiger partial charge in [-0.1, -0.05) is 35.5 Å². The van der Waals surface area contributed by atoms with Crippen molar-refractivity contribution in [3.05, 3.63) is 53.9 Å². The van der Waals surface area contributed by atoms with Crippen LogP contribution >= 0.6 is 0 Å². The van der Waals surface area contributed by atoms with E-state index in [0.29, 0.717) is 17.3 Å². The normalized spacial score (nSPS) is 10.6. The molecule has 0 unspecified atom stereocenters. The quantitative estimate of drug-likeness (QED) is 0.801. The minimum atomic E-state index is -0.318. The summed E-state index contributed by atoms with van der Waals surface area (Å²) in [5.74, 6) is 0.696. The van der Waals surface area contributed by atoms with Crippen LogP contribution < -0.4 is 5.32 Å². The molecule has 0 radical (unpaired) electrons. The maximum atomic E-state index is 12.2. The van der Waals surface area contributed by atoms with Crippen molar-refractivity contribution >= 4 is 11.7 Å². The minimum Gasteiger partial charge on any atom is -0.360 e. The molecule has 0 atom stereocenters. The van der Waals surface area contributed by atoms with Crippen LogP contribution in [0, 0.1) is 6.92 Å². The molecule has 0 aliphatic heterocycles. The molecule has 1 N–H and O–H groups in total. The molecule has 3 rings (SSSR count). The number of aryl methyl sites for hydroxylation is 2. The van der Waals surface area contributed by atoms with Gasteiger partial charge in [0.25, 0.3) is 5.91 Å². The van der Waals surface area contributed by atoms with Gasteiger partial charge in [0.05, 0.1) is 5.69 Å². The third-order valence-corrected chi connectivity index (χ3v) is 3.05. The maximum Gasteiger partial charge on any atom is 0.277 e. The fraction of sp³-hybridized carbons (Fsp3) is 0.133. The summed E-state index contributed by atoms with van der Waals surface area (Å²) < 4.78 is 6.59. The van der Waals surface area contributed by atoms with E-state index in [-0.39, 0.29) is 5.91 Å². The van der Waals surface area contributed by atoms with Crippen molar-refractivity contribution in [2.24, 2.45) is 7.05 Å². The summed E-state index contributed by atoms with van der Waals surface area (Å²) in [5.41, 5.74) is 2.21. The molecule has 2 aromatic heterocycles. The number of rotatable bonds is 3. The first-order chi connectivity index (χ1) is 10.1. The average Bonchev–Trinajstić information content (AvgIpc) is 3.06. The largest absolute Gasteiger partial charge is 0.360 e. The van der Waals surface area contributed by atoms with Gasteiger partial charge in [0.1, 0.15) is 5.76 Å². The zero-order valence-electron chi connectivity index (χ0n) is 11.7. The van der Waals surface area contributed by atoms with E-state index < -0.39 is 0 Å². The minimum absolute atomic E-state index is 0.318. The van der Waals surface area contributed by atoms with Crippen molar-refractivity contribution < 1.29 is 9.32 Å². The van der Waals surface area contributed by atoms with Gasteiger partial charge in [-0.05, 0) is 18.6 Å². The van der Waals surface area contributed by atoms with Gasteiger partial charge >= 0.3 is 0 Å². The number of hydrogen-bond acceptors (Lipinski definition) is 4. The second kappa shape index (κ2) is 5.24. The highest BCUT2D eigenvalue weighted by Gasteiger charge is 2.15. The van der Waals surface area contributed by atoms with Gasteiger partial charge in [-0.15, -0.1) is 0 Å². The Morgan fingerprint density at radius 1 is 1.24 bits per heavy atom. The molecule has 0 aliphatic rings. The molecule has 1 amide bonds. The molecule has 3 aromatic rings. The summed E-state index contributed by atoms with van der Waals surface area (Å²) in [4.78, 5) is 12.2. The lowest BCUT2D eigenvalue weighted by atomic mass is 10.1. The fourth-order valence-electron chi connectivity index (χ4n) is 2.06. The van der Waals surface area contributed by atoms with Crippen molar-refractivity contribution in [1.29, 1.82) is 0 Å². The highest BCUT2D eigenvalue weighted by Crippen LogP contribution is 2.20. The Hall–Kier alpha value is -2.89. The summed E-state index contributed by atoms with van der Waals surface area (Å²) in [7, 11) is 1.80. The number of benzene rings is 1. The van der Waals surface area contributed by atoms with E-state index in [1.807, 2.05) is 30.3 Å². The lowest BCUT2D eigenvalue weighted by Crippen LogP contribution is -2.13. The Kier molecular flexibility index (Phi) is 3.27. The van der Waals surface area contributed by atoms with Gasteiger partial charge in [0, 0.05) is 13.1 Å². The SMILES string of the molecule is Cc1cc(NC(=O)c2cc(-c3ccccc3)n(C)n2)no1. The lowest BCUT2D eigenvalue weighted by Gasteiger charge is -1.99. The molecule has 0 saturated carbocycles. The van der Waals surface area contributed by atoms with Gasteiger partial charge in [-0.25, -0.2) is 0 Å². The van der Waals surface area contributed by atoms with Crippen LogP contribution in [0.25, 0.3) is 11.3 Å². The molecular weight excluding hydrogens is 268 g/mol. The Morgan fingerprint density at radius 3 is 2.67 bits per heavy atom. The van der Waals surface area contributed by atoms with Crippen LogP contribution in [0.15, 0.2) is 47.0 Å². The highest BCUT2D eigenvalue weighted by atomic mass is 16.5. The standard InChI is InChI=1S/C15H14N4O2/c1-10-8-14(18-21-10)16-15(20)12-9-13(19(2)17-12)11-6-4-3-5-7-11/h3-9H,1-2H3,(H,16,18,20). The molecule has 0 fully saturated rings. The van der Waals surface area contributed by atoms with Crippen LogP contribution in [-0.2, 0) is 7.05 Å². The van der Waals surface area contributed by atoms with Crippen molar-refractivity contribution in [2.75, 3.05) is 5.32 Å². The molecule has 1 aromatic carbocycles. The summed E-state index contributed by atoms with van der Waals surface area (Å²) >= 11 is 0. The topological polar surface area (TPSA) is 73.0 Å². The van der Waals surface area contributed by atoms with Crippen LogP contribution in [-0.4, -0.2) is 20.8 Å². The predicted octanol–water partition coefficient (Wildman–Crippen LogP) is 2.64. The number of nitrogens with zero attached hydrogens (tertiary/aromatic N) is 3. The lowest BCUT2D eigenvalue weighted by molar-refractivity contribution is 0.102. The summed E-state index contributed by atoms with van der Waals surface area (Å²) in [6.07, 6.45) is 0. The third-order valence-electron chi connectivity index (χ3n) is 3.05. The molecule has 6 heteroatoms. The van der Waals surface area contributed by atoms with E-state index in [1.165, 1.54) is 0 Å². The highest BCUT2D eigenvalue weighted by molar-refractivity contribution is 6.02. The van der Waals surface area contributed by atoms with E-state index in [9.17, 15) is 4.79 Å². The monoisotopic (exact) mass is 282 g/mol. The summed E-state index contributed by atoms with van der Waals surface area (Å²) in [5, 5.41) is 10.6. The Labute approximate surface area is 121 Å². The van der Waals surface area contributed by atoms with Crippen molar-refractivity contribution in [3.63, 3.8) is 0 Å². The molecule has 0 saturated heterocycles. The average molecular weight is 282 g/mol. The molecule has 6 nitrogen and oxygen atoms in total. The van der Waals surface area contributed by atoms with Crippen LogP contribution in [0.3, 0.4) is 0 Å². The molecule has 21 heavy (non-hydrogen) atoms. The number of carbonyl (C=O) groups excluding carboxylic acids is 1. The number of hydrogen-bond donors (Lipinski definition) is 1. The van der Waals surface area contributed by atoms with Crippen molar-refractivity contribution in [1.82, 2.24) is 14.9 Å². The number of carbonyl (C=O) groups is 1. The number of amides is 1. The Balaban J connectivity index is 1.85. The zero-order valence-corrected chi connectivity index (χ0v) is 11.7. The predicted molar refractivity (Wildman–Crippen MR) is 77.8 cm³/mol. The van der Waals surface area contributed by atoms with Crippen LogP contribution in [0.1, 0.15) is 16.2 Å². The van der Waals surface area contributed by atoms with Crippen LogP contribution in [0.2, 0.25) is 0 Å². The first kappa shape index (κ1) is 13.1. The van der Waals surface area contributed by atoms with E-state index in [1.54, 1.807) is 30.8 Å². The molecule has 0 spiro atoms. The summed E-state index contributed by atoms with van der Waals surface area (Å²) in [6, 6.07) is 13.2. The van der Waals surface area contributed by atoms with E-state index in [0.717, 1.165) is 11.3 Å². The Bertz CT molecular complexity index is 774. The van der Waals surface area contributed by atoms with Crippen LogP contribution in [0.4, 0.5) is 5.82 Å². The van der Waals surface area contributed by atoms with Gasteiger partial charge in [-0.2, -0.15) is 5.10 Å². The molecule has 2 heterocycles. The van der Waals surface area contributed by atoms with Crippen molar-refractivity contribution in [2.45, 2.75) is 6.92 Å². The number of anilines is 1. The molecule has 106 valence electrons. The second-order valence-electron chi connectivity index (χ2n) is 4.68. The van der Waals surface area contributed by atoms with Crippen molar-refractivity contribution in [3.8, 4) is 11.3 Å². The van der Waals surface area contributed by atoms with Crippen LogP contribution in [0.5, 0.6) is 0 Å². The molecule has 0 bridgehead atoms. The summed E-state index contributed by atoms with van der Waals surface area (Å²) in [6.45, 7) is 1.76. The van der Waals surface area contributed by atoms with Gasteiger partial charge in [0.2, 0.25) is 0 Å². The first-order valence-electron chi connectivity index (χ1n) is 6.47. The van der Waals surface area contributed by atoms with E-state index in [2.05, 4.69) is 15.6 Å². The third kappa shape index (κ3) is 2.69.